The van der Waals surface area contributed by atoms with Crippen molar-refractivity contribution in [2.24, 2.45) is 11.8 Å². The van der Waals surface area contributed by atoms with Gasteiger partial charge < -0.3 is 15.3 Å². The minimum absolute atomic E-state index is 0.137. The molecule has 1 rings (SSSR count). The van der Waals surface area contributed by atoms with E-state index in [9.17, 15) is 9.59 Å². The summed E-state index contributed by atoms with van der Waals surface area (Å²) in [6, 6.07) is -0.332. The first-order valence-electron chi connectivity index (χ1n) is 6.68. The van der Waals surface area contributed by atoms with Crippen LogP contribution in [0.4, 0.5) is 0 Å². The first-order chi connectivity index (χ1) is 8.47. The topological polar surface area (TPSA) is 69.6 Å². The van der Waals surface area contributed by atoms with Crippen molar-refractivity contribution in [2.75, 3.05) is 19.7 Å². The Morgan fingerprint density at radius 3 is 2.33 bits per heavy atom. The number of likely N-dealkylation sites (tertiary alicyclic amines) is 1. The Balaban J connectivity index is 2.55. The Morgan fingerprint density at radius 2 is 1.89 bits per heavy atom. The fourth-order valence-electron chi connectivity index (χ4n) is 2.50. The first-order valence-corrected chi connectivity index (χ1v) is 6.68. The molecule has 0 aliphatic carbocycles. The van der Waals surface area contributed by atoms with E-state index in [1.807, 2.05) is 6.92 Å². The average Bonchev–Trinajstić information content (AvgIpc) is 2.33. The third-order valence-corrected chi connectivity index (χ3v) is 3.40. The summed E-state index contributed by atoms with van der Waals surface area (Å²) in [5.41, 5.74) is 0. The van der Waals surface area contributed by atoms with Crippen molar-refractivity contribution in [3.8, 4) is 0 Å². The lowest BCUT2D eigenvalue weighted by Gasteiger charge is -2.34. The second-order valence-corrected chi connectivity index (χ2v) is 5.42. The molecule has 5 heteroatoms. The van der Waals surface area contributed by atoms with E-state index in [0.717, 1.165) is 6.42 Å². The lowest BCUT2D eigenvalue weighted by Crippen LogP contribution is -2.51. The molecule has 0 aromatic heterocycles. The quantitative estimate of drug-likeness (QED) is 0.717. The van der Waals surface area contributed by atoms with Crippen LogP contribution in [0.3, 0.4) is 0 Å². The van der Waals surface area contributed by atoms with Crippen LogP contribution in [-0.2, 0) is 9.59 Å². The highest BCUT2D eigenvalue weighted by atomic mass is 16.3. The molecule has 1 heterocycles. The third kappa shape index (κ3) is 3.98. The van der Waals surface area contributed by atoms with Crippen molar-refractivity contribution in [2.45, 2.75) is 39.7 Å². The summed E-state index contributed by atoms with van der Waals surface area (Å²) in [5.74, 6) is -0.201. The van der Waals surface area contributed by atoms with E-state index >= 15 is 0 Å². The molecule has 1 saturated heterocycles. The second-order valence-electron chi connectivity index (χ2n) is 5.42. The number of nitrogens with one attached hydrogen (secondary N) is 1. The van der Waals surface area contributed by atoms with Gasteiger partial charge in [0, 0.05) is 13.1 Å². The predicted molar refractivity (Wildman–Crippen MR) is 68.8 cm³/mol. The molecule has 1 fully saturated rings. The zero-order valence-electron chi connectivity index (χ0n) is 11.5. The molecule has 1 aliphatic rings. The molecule has 18 heavy (non-hydrogen) atoms. The summed E-state index contributed by atoms with van der Waals surface area (Å²) in [6.45, 7) is 7.20. The highest BCUT2D eigenvalue weighted by molar-refractivity contribution is 6.35. The molecule has 0 saturated carbocycles. The zero-order valence-corrected chi connectivity index (χ0v) is 11.5. The second kappa shape index (κ2) is 6.73. The maximum Gasteiger partial charge on any atom is 0.311 e. The number of rotatable bonds is 3. The smallest absolute Gasteiger partial charge is 0.311 e. The molecule has 3 atom stereocenters. The Bertz CT molecular complexity index is 293. The van der Waals surface area contributed by atoms with E-state index in [4.69, 9.17) is 5.11 Å². The molecule has 3 unspecified atom stereocenters. The van der Waals surface area contributed by atoms with E-state index in [-0.39, 0.29) is 12.6 Å². The number of aliphatic hydroxyl groups is 1. The summed E-state index contributed by atoms with van der Waals surface area (Å²) < 4.78 is 0. The number of hydrogen-bond acceptors (Lipinski definition) is 3. The van der Waals surface area contributed by atoms with Gasteiger partial charge in [0.2, 0.25) is 0 Å². The van der Waals surface area contributed by atoms with Crippen LogP contribution in [0.2, 0.25) is 0 Å². The molecule has 0 spiro atoms. The molecule has 0 radical (unpaired) electrons. The number of carbonyl (C=O) groups is 2. The van der Waals surface area contributed by atoms with Gasteiger partial charge >= 0.3 is 11.8 Å². The molecule has 2 N–H and O–H groups in total. The van der Waals surface area contributed by atoms with Crippen LogP contribution in [0, 0.1) is 11.8 Å². The Kier molecular flexibility index (Phi) is 5.59. The lowest BCUT2D eigenvalue weighted by atomic mass is 9.92. The standard InChI is InChI=1S/C13H24N2O3/c1-4-11(8-16)14-12(17)13(18)15-6-9(2)5-10(3)7-15/h9-11,16H,4-8H2,1-3H3,(H,14,17). The molecular weight excluding hydrogens is 232 g/mol. The predicted octanol–water partition coefficient (Wildman–Crippen LogP) is 0.378. The van der Waals surface area contributed by atoms with Crippen LogP contribution in [-0.4, -0.2) is 47.6 Å². The summed E-state index contributed by atoms with van der Waals surface area (Å²) in [5, 5.41) is 11.6. The lowest BCUT2D eigenvalue weighted by molar-refractivity contribution is -0.148. The van der Waals surface area contributed by atoms with Gasteiger partial charge in [-0.3, -0.25) is 9.59 Å². The van der Waals surface area contributed by atoms with Gasteiger partial charge in [0.25, 0.3) is 0 Å². The van der Waals surface area contributed by atoms with Crippen molar-refractivity contribution < 1.29 is 14.7 Å². The molecule has 104 valence electrons. The van der Waals surface area contributed by atoms with Gasteiger partial charge in [0.05, 0.1) is 12.6 Å². The number of amides is 2. The van der Waals surface area contributed by atoms with E-state index in [0.29, 0.717) is 31.3 Å². The number of carbonyl (C=O) groups excluding carboxylic acids is 2. The highest BCUT2D eigenvalue weighted by Crippen LogP contribution is 2.20. The monoisotopic (exact) mass is 256 g/mol. The normalized spacial score (nSPS) is 25.7. The summed E-state index contributed by atoms with van der Waals surface area (Å²) in [6.07, 6.45) is 1.71. The summed E-state index contributed by atoms with van der Waals surface area (Å²) >= 11 is 0. The highest BCUT2D eigenvalue weighted by Gasteiger charge is 2.29. The molecule has 2 amide bonds. The SMILES string of the molecule is CCC(CO)NC(=O)C(=O)N1CC(C)CC(C)C1. The fraction of sp³-hybridized carbons (Fsp3) is 0.846. The minimum Gasteiger partial charge on any atom is -0.394 e. The van der Waals surface area contributed by atoms with E-state index in [2.05, 4.69) is 19.2 Å². The van der Waals surface area contributed by atoms with Crippen LogP contribution < -0.4 is 5.32 Å². The van der Waals surface area contributed by atoms with Crippen molar-refractivity contribution in [3.05, 3.63) is 0 Å². The van der Waals surface area contributed by atoms with Gasteiger partial charge in [-0.15, -0.1) is 0 Å². The Labute approximate surface area is 109 Å². The summed E-state index contributed by atoms with van der Waals surface area (Å²) in [4.78, 5) is 25.4. The Hall–Kier alpha value is -1.10. The third-order valence-electron chi connectivity index (χ3n) is 3.40. The molecule has 5 nitrogen and oxygen atoms in total. The van der Waals surface area contributed by atoms with Crippen molar-refractivity contribution >= 4 is 11.8 Å². The first kappa shape index (κ1) is 15.0. The van der Waals surface area contributed by atoms with E-state index < -0.39 is 11.8 Å². The van der Waals surface area contributed by atoms with Gasteiger partial charge in [-0.25, -0.2) is 0 Å². The van der Waals surface area contributed by atoms with Crippen molar-refractivity contribution in [1.29, 1.82) is 0 Å². The summed E-state index contributed by atoms with van der Waals surface area (Å²) in [7, 11) is 0. The van der Waals surface area contributed by atoms with Gasteiger partial charge in [-0.05, 0) is 24.7 Å². The van der Waals surface area contributed by atoms with Crippen LogP contribution in [0.15, 0.2) is 0 Å². The van der Waals surface area contributed by atoms with E-state index in [1.54, 1.807) is 4.90 Å². The number of nitrogens with zero attached hydrogens (tertiary/aromatic N) is 1. The molecule has 0 aromatic rings. The van der Waals surface area contributed by atoms with Gasteiger partial charge in [-0.2, -0.15) is 0 Å². The van der Waals surface area contributed by atoms with Crippen LogP contribution >= 0.6 is 0 Å². The van der Waals surface area contributed by atoms with Crippen molar-refractivity contribution in [1.82, 2.24) is 10.2 Å². The van der Waals surface area contributed by atoms with Crippen LogP contribution in [0.25, 0.3) is 0 Å². The van der Waals surface area contributed by atoms with Gasteiger partial charge in [0.15, 0.2) is 0 Å². The largest absolute Gasteiger partial charge is 0.394 e. The van der Waals surface area contributed by atoms with Crippen LogP contribution in [0.5, 0.6) is 0 Å². The fourth-order valence-corrected chi connectivity index (χ4v) is 2.50. The maximum absolute atomic E-state index is 12.0. The number of piperidine rings is 1. The minimum atomic E-state index is -0.600. The molecule has 0 bridgehead atoms. The number of aliphatic hydroxyl groups excluding tert-OH is 1. The zero-order chi connectivity index (χ0) is 13.7. The van der Waals surface area contributed by atoms with Crippen LogP contribution in [0.1, 0.15) is 33.6 Å². The number of hydrogen-bond donors (Lipinski definition) is 2. The maximum atomic E-state index is 12.0. The van der Waals surface area contributed by atoms with Gasteiger partial charge in [-0.1, -0.05) is 20.8 Å². The molecule has 1 aliphatic heterocycles. The molecule has 0 aromatic carbocycles. The Morgan fingerprint density at radius 1 is 1.33 bits per heavy atom. The molecular formula is C13H24N2O3. The average molecular weight is 256 g/mol. The van der Waals surface area contributed by atoms with Gasteiger partial charge in [0.1, 0.15) is 0 Å². The van der Waals surface area contributed by atoms with E-state index in [1.165, 1.54) is 0 Å². The van der Waals surface area contributed by atoms with Crippen molar-refractivity contribution in [3.63, 3.8) is 0 Å².